The third kappa shape index (κ3) is 5.02. The molecule has 0 radical (unpaired) electrons. The van der Waals surface area contributed by atoms with Gasteiger partial charge in [0.1, 0.15) is 5.65 Å². The number of rotatable bonds is 6. The van der Waals surface area contributed by atoms with Crippen molar-refractivity contribution in [2.75, 3.05) is 36.9 Å². The Bertz CT molecular complexity index is 1750. The number of benzene rings is 2. The van der Waals surface area contributed by atoms with Gasteiger partial charge in [0.2, 0.25) is 5.91 Å². The van der Waals surface area contributed by atoms with Gasteiger partial charge in [-0.3, -0.25) is 9.48 Å². The highest BCUT2D eigenvalue weighted by Crippen LogP contribution is 2.41. The molecule has 1 atom stereocenters. The average molecular weight is 546 g/mol. The van der Waals surface area contributed by atoms with Gasteiger partial charge in [0.05, 0.1) is 11.4 Å². The van der Waals surface area contributed by atoms with Crippen LogP contribution in [0.15, 0.2) is 79.6 Å². The Morgan fingerprint density at radius 3 is 2.54 bits per heavy atom. The number of pyridine rings is 1. The van der Waals surface area contributed by atoms with Gasteiger partial charge in [0.25, 0.3) is 0 Å². The first-order valence-electron chi connectivity index (χ1n) is 13.9. The molecule has 0 unspecified atom stereocenters. The molecule has 1 aliphatic heterocycles. The molecule has 2 N–H and O–H groups in total. The summed E-state index contributed by atoms with van der Waals surface area (Å²) in [5.41, 5.74) is 9.80. The Morgan fingerprint density at radius 2 is 1.83 bits per heavy atom. The van der Waals surface area contributed by atoms with Crippen molar-refractivity contribution in [2.24, 2.45) is 7.05 Å². The zero-order chi connectivity index (χ0) is 28.7. The van der Waals surface area contributed by atoms with Gasteiger partial charge >= 0.3 is 0 Å². The van der Waals surface area contributed by atoms with Crippen molar-refractivity contribution in [1.29, 1.82) is 0 Å². The lowest BCUT2D eigenvalue weighted by molar-refractivity contribution is -0.111. The van der Waals surface area contributed by atoms with Gasteiger partial charge in [0.15, 0.2) is 0 Å². The van der Waals surface area contributed by atoms with Gasteiger partial charge in [-0.25, -0.2) is 4.98 Å². The minimum Gasteiger partial charge on any atom is -0.369 e. The first kappa shape index (κ1) is 26.5. The van der Waals surface area contributed by atoms with E-state index in [0.29, 0.717) is 6.04 Å². The van der Waals surface area contributed by atoms with Gasteiger partial charge in [-0.15, -0.1) is 0 Å². The van der Waals surface area contributed by atoms with E-state index in [9.17, 15) is 4.79 Å². The number of anilines is 2. The van der Waals surface area contributed by atoms with E-state index in [4.69, 9.17) is 4.98 Å². The van der Waals surface area contributed by atoms with Crippen molar-refractivity contribution >= 4 is 28.3 Å². The van der Waals surface area contributed by atoms with Crippen LogP contribution in [-0.2, 0) is 11.8 Å². The molecule has 1 fully saturated rings. The summed E-state index contributed by atoms with van der Waals surface area (Å²) in [7, 11) is 4.12. The molecule has 1 saturated heterocycles. The Morgan fingerprint density at radius 1 is 1.05 bits per heavy atom. The number of fused-ring (bicyclic) bond motifs is 1. The fourth-order valence-electron chi connectivity index (χ4n) is 5.60. The maximum absolute atomic E-state index is 12.2. The van der Waals surface area contributed by atoms with Crippen LogP contribution in [0.2, 0.25) is 0 Å². The van der Waals surface area contributed by atoms with Crippen LogP contribution in [0.5, 0.6) is 0 Å². The van der Waals surface area contributed by atoms with E-state index in [2.05, 4.69) is 82.1 Å². The molecule has 208 valence electrons. The predicted octanol–water partition coefficient (Wildman–Crippen LogP) is 5.87. The van der Waals surface area contributed by atoms with Crippen molar-refractivity contribution in [2.45, 2.75) is 19.9 Å². The molecule has 8 nitrogen and oxygen atoms in total. The second kappa shape index (κ2) is 10.7. The normalized spacial score (nSPS) is 15.8. The van der Waals surface area contributed by atoms with Crippen LogP contribution >= 0.6 is 0 Å². The van der Waals surface area contributed by atoms with Gasteiger partial charge < -0.3 is 20.1 Å². The number of hydrogen-bond acceptors (Lipinski definition) is 5. The third-order valence-corrected chi connectivity index (χ3v) is 8.22. The van der Waals surface area contributed by atoms with E-state index in [1.165, 1.54) is 11.8 Å². The number of aromatic amines is 1. The monoisotopic (exact) mass is 545 g/mol. The summed E-state index contributed by atoms with van der Waals surface area (Å²) in [5.74, 6) is -0.238. The molecule has 3 aromatic heterocycles. The number of nitrogens with one attached hydrogen (secondary N) is 2. The van der Waals surface area contributed by atoms with E-state index < -0.39 is 0 Å². The molecule has 0 bridgehead atoms. The van der Waals surface area contributed by atoms with Gasteiger partial charge in [-0.1, -0.05) is 30.8 Å². The molecule has 5 aromatic rings. The van der Waals surface area contributed by atoms with Crippen LogP contribution < -0.4 is 10.2 Å². The molecule has 1 aliphatic rings. The lowest BCUT2D eigenvalue weighted by Crippen LogP contribution is -2.50. The highest BCUT2D eigenvalue weighted by molar-refractivity contribution is 6.05. The SMILES string of the molecule is C=CC(=O)Nc1cc(-c2c(-c3ccc(N4CCN(C)[C@@H](C)C4)cc3)[nH]c3ncc(-c4ccnn4C)cc23)ccc1C. The second-order valence-electron chi connectivity index (χ2n) is 10.9. The van der Waals surface area contributed by atoms with Crippen LogP contribution in [0.25, 0.3) is 44.7 Å². The Hall–Kier alpha value is -4.69. The predicted molar refractivity (Wildman–Crippen MR) is 167 cm³/mol. The number of aromatic nitrogens is 4. The van der Waals surface area contributed by atoms with Crippen LogP contribution in [-0.4, -0.2) is 63.3 Å². The topological polar surface area (TPSA) is 82.1 Å². The molecule has 6 rings (SSSR count). The van der Waals surface area contributed by atoms with Gasteiger partial charge in [-0.2, -0.15) is 5.10 Å². The first-order valence-corrected chi connectivity index (χ1v) is 13.9. The molecule has 2 aromatic carbocycles. The highest BCUT2D eigenvalue weighted by Gasteiger charge is 2.22. The summed E-state index contributed by atoms with van der Waals surface area (Å²) in [6.45, 7) is 10.9. The number of H-pyrrole nitrogens is 1. The van der Waals surface area contributed by atoms with Crippen LogP contribution in [0, 0.1) is 6.92 Å². The lowest BCUT2D eigenvalue weighted by Gasteiger charge is -2.39. The Balaban J connectivity index is 1.48. The number of aryl methyl sites for hydroxylation is 2. The molecule has 8 heteroatoms. The number of hydrogen-bond donors (Lipinski definition) is 2. The second-order valence-corrected chi connectivity index (χ2v) is 10.9. The largest absolute Gasteiger partial charge is 0.369 e. The first-order chi connectivity index (χ1) is 19.8. The van der Waals surface area contributed by atoms with Crippen molar-refractivity contribution in [3.05, 3.63) is 85.2 Å². The fourth-order valence-corrected chi connectivity index (χ4v) is 5.60. The number of carbonyl (C=O) groups is 1. The minimum atomic E-state index is -0.238. The number of carbonyl (C=O) groups excluding carboxylic acids is 1. The summed E-state index contributed by atoms with van der Waals surface area (Å²) in [4.78, 5) is 25.5. The van der Waals surface area contributed by atoms with Gasteiger partial charge in [-0.05, 0) is 74.0 Å². The van der Waals surface area contributed by atoms with Crippen molar-refractivity contribution in [1.82, 2.24) is 24.6 Å². The number of likely N-dealkylation sites (N-methyl/N-ethyl adjacent to an activating group) is 1. The van der Waals surface area contributed by atoms with Crippen LogP contribution in [0.4, 0.5) is 11.4 Å². The van der Waals surface area contributed by atoms with Crippen molar-refractivity contribution in [3.8, 4) is 33.6 Å². The van der Waals surface area contributed by atoms with Gasteiger partial charge in [0, 0.05) is 73.0 Å². The number of nitrogens with zero attached hydrogens (tertiary/aromatic N) is 5. The quantitative estimate of drug-likeness (QED) is 0.261. The van der Waals surface area contributed by atoms with E-state index in [1.807, 2.05) is 43.0 Å². The minimum absolute atomic E-state index is 0.238. The summed E-state index contributed by atoms with van der Waals surface area (Å²) in [6, 6.07) is 19.6. The molecule has 41 heavy (non-hydrogen) atoms. The number of amides is 1. The summed E-state index contributed by atoms with van der Waals surface area (Å²) < 4.78 is 1.85. The Kier molecular flexibility index (Phi) is 6.93. The van der Waals surface area contributed by atoms with E-state index in [0.717, 1.165) is 75.6 Å². The highest BCUT2D eigenvalue weighted by atomic mass is 16.1. The molecule has 0 saturated carbocycles. The number of piperazine rings is 1. The summed E-state index contributed by atoms with van der Waals surface area (Å²) in [6.07, 6.45) is 4.96. The molecule has 0 aliphatic carbocycles. The van der Waals surface area contributed by atoms with Crippen LogP contribution in [0.1, 0.15) is 12.5 Å². The maximum atomic E-state index is 12.2. The smallest absolute Gasteiger partial charge is 0.247 e. The zero-order valence-corrected chi connectivity index (χ0v) is 24.0. The van der Waals surface area contributed by atoms with Crippen molar-refractivity contribution in [3.63, 3.8) is 0 Å². The summed E-state index contributed by atoms with van der Waals surface area (Å²) in [5, 5.41) is 8.30. The van der Waals surface area contributed by atoms with E-state index >= 15 is 0 Å². The zero-order valence-electron chi connectivity index (χ0n) is 24.0. The molecular formula is C33H35N7O. The van der Waals surface area contributed by atoms with E-state index in [1.54, 1.807) is 6.20 Å². The summed E-state index contributed by atoms with van der Waals surface area (Å²) >= 11 is 0. The lowest BCUT2D eigenvalue weighted by atomic mass is 9.96. The standard InChI is InChI=1S/C33H35N7O/c1-6-30(41)36-28-18-24(8-7-21(28)2)31-27-17-25(29-13-14-35-39(29)5)19-34-33(27)37-32(31)23-9-11-26(12-10-23)40-16-15-38(4)22(3)20-40/h6-14,17-19,22H,1,15-16,20H2,2-5H3,(H,34,37)(H,36,41)/t22-/m0/s1. The average Bonchev–Trinajstić information content (AvgIpc) is 3.58. The third-order valence-electron chi connectivity index (χ3n) is 8.22. The molecule has 1 amide bonds. The fraction of sp³-hybridized carbons (Fsp3) is 0.242. The molecule has 4 heterocycles. The Labute approximate surface area is 240 Å². The van der Waals surface area contributed by atoms with E-state index in [-0.39, 0.29) is 5.91 Å². The molecule has 0 spiro atoms. The van der Waals surface area contributed by atoms with Crippen LogP contribution in [0.3, 0.4) is 0 Å². The maximum Gasteiger partial charge on any atom is 0.247 e. The van der Waals surface area contributed by atoms with Crippen molar-refractivity contribution < 1.29 is 4.79 Å². The molecular weight excluding hydrogens is 510 g/mol.